The summed E-state index contributed by atoms with van der Waals surface area (Å²) >= 11 is 0. The van der Waals surface area contributed by atoms with Gasteiger partial charge in [0.05, 0.1) is 17.3 Å². The molecule has 0 bridgehead atoms. The number of aromatic nitrogens is 3. The number of hydrogen-bond donors (Lipinski definition) is 1. The summed E-state index contributed by atoms with van der Waals surface area (Å²) in [7, 11) is 0. The predicted molar refractivity (Wildman–Crippen MR) is 182 cm³/mol. The normalized spacial score (nSPS) is 17.0. The topological polar surface area (TPSA) is 44.8 Å². The standard InChI is InChI=1S/C40H26N4/c1-2-11-26-23-37-32(21-25(26)10-1)38-28-12-4-3-9-24(28)18-20-36(38)44(37)40-42-34-16-8-6-14-31(34)39(43-40)27-17-19-30-29-13-5-7-15-33(29)41-35(30)22-27/h1-23,36,38,41H. The Labute approximate surface area is 253 Å². The van der Waals surface area contributed by atoms with E-state index < -0.39 is 0 Å². The third kappa shape index (κ3) is 3.34. The molecule has 44 heavy (non-hydrogen) atoms. The summed E-state index contributed by atoms with van der Waals surface area (Å²) in [5, 5.41) is 5.98. The summed E-state index contributed by atoms with van der Waals surface area (Å²) in [6, 6.07) is 45.7. The van der Waals surface area contributed by atoms with Crippen molar-refractivity contribution in [1.29, 1.82) is 0 Å². The molecule has 0 saturated carbocycles. The van der Waals surface area contributed by atoms with Crippen LogP contribution in [0.4, 0.5) is 11.6 Å². The lowest BCUT2D eigenvalue weighted by atomic mass is 9.81. The van der Waals surface area contributed by atoms with Crippen LogP contribution in [0, 0.1) is 0 Å². The Morgan fingerprint density at radius 1 is 0.591 bits per heavy atom. The number of anilines is 2. The van der Waals surface area contributed by atoms with Gasteiger partial charge in [-0.3, -0.25) is 0 Å². The summed E-state index contributed by atoms with van der Waals surface area (Å²) in [5.74, 6) is 0.917. The van der Waals surface area contributed by atoms with E-state index >= 15 is 0 Å². The molecular weight excluding hydrogens is 536 g/mol. The molecule has 0 fully saturated rings. The highest BCUT2D eigenvalue weighted by Gasteiger charge is 2.42. The minimum atomic E-state index is 0.0712. The number of aromatic amines is 1. The van der Waals surface area contributed by atoms with Gasteiger partial charge in [0.1, 0.15) is 0 Å². The van der Waals surface area contributed by atoms with Crippen molar-refractivity contribution in [2.75, 3.05) is 4.90 Å². The highest BCUT2D eigenvalue weighted by Crippen LogP contribution is 2.52. The third-order valence-corrected chi connectivity index (χ3v) is 9.52. The fourth-order valence-corrected chi connectivity index (χ4v) is 7.53. The van der Waals surface area contributed by atoms with Crippen LogP contribution < -0.4 is 4.90 Å². The number of para-hydroxylation sites is 2. The molecule has 2 aromatic heterocycles. The molecule has 8 aromatic rings. The van der Waals surface area contributed by atoms with Crippen molar-refractivity contribution in [3.8, 4) is 11.3 Å². The lowest BCUT2D eigenvalue weighted by molar-refractivity contribution is 0.713. The molecule has 4 heteroatoms. The highest BCUT2D eigenvalue weighted by atomic mass is 15.3. The summed E-state index contributed by atoms with van der Waals surface area (Å²) in [5.41, 5.74) is 10.3. The fraction of sp³-hybridized carbons (Fsp3) is 0.0500. The number of rotatable bonds is 2. The van der Waals surface area contributed by atoms with Crippen LogP contribution in [0.15, 0.2) is 133 Å². The molecule has 2 aliphatic rings. The lowest BCUT2D eigenvalue weighted by Gasteiger charge is -2.30. The maximum atomic E-state index is 5.41. The van der Waals surface area contributed by atoms with Crippen molar-refractivity contribution < 1.29 is 0 Å². The van der Waals surface area contributed by atoms with Gasteiger partial charge < -0.3 is 9.88 Å². The highest BCUT2D eigenvalue weighted by molar-refractivity contribution is 6.09. The molecule has 0 radical (unpaired) electrons. The molecule has 0 spiro atoms. The zero-order chi connectivity index (χ0) is 28.8. The minimum absolute atomic E-state index is 0.0712. The largest absolute Gasteiger partial charge is 0.354 e. The smallest absolute Gasteiger partial charge is 0.231 e. The van der Waals surface area contributed by atoms with Gasteiger partial charge in [-0.15, -0.1) is 0 Å². The number of hydrogen-bond acceptors (Lipinski definition) is 3. The van der Waals surface area contributed by atoms with Crippen LogP contribution in [0.2, 0.25) is 0 Å². The minimum Gasteiger partial charge on any atom is -0.354 e. The van der Waals surface area contributed by atoms with Crippen molar-refractivity contribution in [3.63, 3.8) is 0 Å². The van der Waals surface area contributed by atoms with Gasteiger partial charge in [-0.25, -0.2) is 9.97 Å². The Bertz CT molecular complexity index is 2490. The van der Waals surface area contributed by atoms with Crippen molar-refractivity contribution in [2.45, 2.75) is 12.0 Å². The number of nitrogens with zero attached hydrogens (tertiary/aromatic N) is 3. The van der Waals surface area contributed by atoms with Crippen LogP contribution in [0.3, 0.4) is 0 Å². The molecule has 10 rings (SSSR count). The Hall–Kier alpha value is -5.74. The van der Waals surface area contributed by atoms with Gasteiger partial charge in [-0.1, -0.05) is 109 Å². The first-order chi connectivity index (χ1) is 21.8. The van der Waals surface area contributed by atoms with Crippen LogP contribution in [0.1, 0.15) is 22.6 Å². The average molecular weight is 563 g/mol. The first kappa shape index (κ1) is 23.8. The first-order valence-corrected chi connectivity index (χ1v) is 15.2. The van der Waals surface area contributed by atoms with Gasteiger partial charge in [-0.2, -0.15) is 0 Å². The van der Waals surface area contributed by atoms with Gasteiger partial charge >= 0.3 is 0 Å². The molecule has 206 valence electrons. The van der Waals surface area contributed by atoms with Crippen molar-refractivity contribution in [1.82, 2.24) is 15.0 Å². The predicted octanol–water partition coefficient (Wildman–Crippen LogP) is 9.76. The van der Waals surface area contributed by atoms with Crippen LogP contribution >= 0.6 is 0 Å². The van der Waals surface area contributed by atoms with E-state index in [0.717, 1.165) is 39.1 Å². The molecule has 1 N–H and O–H groups in total. The zero-order valence-corrected chi connectivity index (χ0v) is 23.8. The van der Waals surface area contributed by atoms with Gasteiger partial charge in [0.2, 0.25) is 5.95 Å². The number of H-pyrrole nitrogens is 1. The molecule has 3 heterocycles. The second-order valence-electron chi connectivity index (χ2n) is 11.9. The van der Waals surface area contributed by atoms with E-state index in [0.29, 0.717) is 0 Å². The number of fused-ring (bicyclic) bond motifs is 10. The number of benzene rings is 6. The summed E-state index contributed by atoms with van der Waals surface area (Å²) in [6.07, 6.45) is 4.60. The molecule has 0 saturated heterocycles. The van der Waals surface area contributed by atoms with E-state index in [4.69, 9.17) is 9.97 Å². The van der Waals surface area contributed by atoms with E-state index in [1.54, 1.807) is 0 Å². The van der Waals surface area contributed by atoms with Gasteiger partial charge in [-0.05, 0) is 57.8 Å². The van der Waals surface area contributed by atoms with E-state index in [1.807, 2.05) is 0 Å². The van der Waals surface area contributed by atoms with Gasteiger partial charge in [0, 0.05) is 44.4 Å². The third-order valence-electron chi connectivity index (χ3n) is 9.52. The van der Waals surface area contributed by atoms with E-state index in [-0.39, 0.29) is 12.0 Å². The van der Waals surface area contributed by atoms with Gasteiger partial charge in [0.25, 0.3) is 0 Å². The van der Waals surface area contributed by atoms with E-state index in [1.165, 1.54) is 43.9 Å². The Morgan fingerprint density at radius 3 is 2.27 bits per heavy atom. The second-order valence-corrected chi connectivity index (χ2v) is 11.9. The SMILES string of the molecule is C1=CC2C(c3ccccc31)c1cc3ccccc3cc1N2c1nc(-c2ccc3c(c2)[nH]c2ccccc23)c2ccccc2n1. The lowest BCUT2D eigenvalue weighted by Crippen LogP contribution is -2.31. The maximum Gasteiger partial charge on any atom is 0.231 e. The van der Waals surface area contributed by atoms with Crippen molar-refractivity contribution in [3.05, 3.63) is 150 Å². The zero-order valence-electron chi connectivity index (χ0n) is 23.8. The van der Waals surface area contributed by atoms with Crippen molar-refractivity contribution in [2.24, 2.45) is 0 Å². The summed E-state index contributed by atoms with van der Waals surface area (Å²) < 4.78 is 0. The second kappa shape index (κ2) is 8.88. The van der Waals surface area contributed by atoms with Crippen LogP contribution in [-0.2, 0) is 0 Å². The Balaban J connectivity index is 1.22. The molecular formula is C40H26N4. The first-order valence-electron chi connectivity index (χ1n) is 15.2. The average Bonchev–Trinajstić information content (AvgIpc) is 3.61. The van der Waals surface area contributed by atoms with Crippen LogP contribution in [0.25, 0.3) is 60.8 Å². The van der Waals surface area contributed by atoms with E-state index in [2.05, 4.69) is 149 Å². The number of nitrogens with one attached hydrogen (secondary N) is 1. The van der Waals surface area contributed by atoms with Gasteiger partial charge in [0.15, 0.2) is 0 Å². The molecule has 1 aliphatic heterocycles. The van der Waals surface area contributed by atoms with E-state index in [9.17, 15) is 0 Å². The van der Waals surface area contributed by atoms with Crippen LogP contribution in [-0.4, -0.2) is 21.0 Å². The monoisotopic (exact) mass is 562 g/mol. The molecule has 2 unspecified atom stereocenters. The fourth-order valence-electron chi connectivity index (χ4n) is 7.53. The Kier molecular flexibility index (Phi) is 4.80. The molecule has 1 aliphatic carbocycles. The molecule has 0 amide bonds. The Morgan fingerprint density at radius 2 is 1.34 bits per heavy atom. The summed E-state index contributed by atoms with van der Waals surface area (Å²) in [6.45, 7) is 0. The molecule has 6 aromatic carbocycles. The molecule has 4 nitrogen and oxygen atoms in total. The maximum absolute atomic E-state index is 5.41. The van der Waals surface area contributed by atoms with Crippen LogP contribution in [0.5, 0.6) is 0 Å². The molecule has 2 atom stereocenters. The summed E-state index contributed by atoms with van der Waals surface area (Å²) in [4.78, 5) is 16.6. The van der Waals surface area contributed by atoms with Crippen molar-refractivity contribution >= 4 is 61.2 Å². The quantitative estimate of drug-likeness (QED) is 0.228.